The van der Waals surface area contributed by atoms with Crippen LogP contribution in [0.4, 0.5) is 0 Å². The zero-order valence-electron chi connectivity index (χ0n) is 11.4. The first-order valence-corrected chi connectivity index (χ1v) is 6.22. The molecule has 2 atom stereocenters. The van der Waals surface area contributed by atoms with Gasteiger partial charge in [-0.25, -0.2) is 0 Å². The fraction of sp³-hybridized carbons (Fsp3) is 0.500. The van der Waals surface area contributed by atoms with Crippen LogP contribution < -0.4 is 14.8 Å². The summed E-state index contributed by atoms with van der Waals surface area (Å²) in [7, 11) is 4.79. The first-order valence-electron chi connectivity index (χ1n) is 6.22. The highest BCUT2D eigenvalue weighted by atomic mass is 16.5. The van der Waals surface area contributed by atoms with Crippen molar-refractivity contribution in [3.05, 3.63) is 23.8 Å². The molecule has 0 bridgehead atoms. The topological polar surface area (TPSA) is 56.8 Å². The van der Waals surface area contributed by atoms with Crippen molar-refractivity contribution in [3.8, 4) is 11.5 Å². The summed E-state index contributed by atoms with van der Waals surface area (Å²) >= 11 is 0. The molecule has 1 fully saturated rings. The van der Waals surface area contributed by atoms with E-state index in [2.05, 4.69) is 5.32 Å². The Morgan fingerprint density at radius 1 is 1.21 bits per heavy atom. The average Bonchev–Trinajstić information content (AvgIpc) is 2.94. The molecule has 0 amide bonds. The minimum Gasteiger partial charge on any atom is -0.493 e. The van der Waals surface area contributed by atoms with Crippen molar-refractivity contribution in [2.24, 2.45) is 0 Å². The molecule has 104 valence electrons. The molecule has 1 heterocycles. The fourth-order valence-corrected chi connectivity index (χ4v) is 2.27. The Hall–Kier alpha value is -1.59. The molecule has 0 radical (unpaired) electrons. The van der Waals surface area contributed by atoms with Gasteiger partial charge in [-0.05, 0) is 24.6 Å². The number of ketones is 1. The Bertz CT molecular complexity index is 461. The molecule has 1 aliphatic rings. The van der Waals surface area contributed by atoms with Crippen LogP contribution in [-0.2, 0) is 4.74 Å². The standard InChI is InChI=1S/C14H19NO4/c1-17-10-7-11(15-8-10)14(16)9-4-5-12(18-2)13(6-9)19-3/h4-6,10-11,15H,7-8H2,1-3H3. The largest absolute Gasteiger partial charge is 0.493 e. The van der Waals surface area contributed by atoms with Crippen LogP contribution in [0.25, 0.3) is 0 Å². The van der Waals surface area contributed by atoms with Gasteiger partial charge in [0.2, 0.25) is 0 Å². The number of Topliss-reactive ketones (excluding diaryl/α,β-unsaturated/α-hetero) is 1. The van der Waals surface area contributed by atoms with Crippen LogP contribution in [0.2, 0.25) is 0 Å². The molecule has 2 rings (SSSR count). The molecular formula is C14H19NO4. The van der Waals surface area contributed by atoms with Gasteiger partial charge in [-0.1, -0.05) is 0 Å². The molecule has 1 aromatic carbocycles. The molecular weight excluding hydrogens is 246 g/mol. The Kier molecular flexibility index (Phi) is 4.39. The van der Waals surface area contributed by atoms with Crippen LogP contribution in [0.5, 0.6) is 11.5 Å². The quantitative estimate of drug-likeness (QED) is 0.812. The van der Waals surface area contributed by atoms with Gasteiger partial charge in [0, 0.05) is 19.2 Å². The number of rotatable bonds is 5. The lowest BCUT2D eigenvalue weighted by molar-refractivity contribution is 0.0918. The SMILES string of the molecule is COc1ccc(C(=O)C2CC(OC)CN2)cc1OC. The number of ether oxygens (including phenoxy) is 3. The highest BCUT2D eigenvalue weighted by molar-refractivity contribution is 6.00. The normalized spacial score (nSPS) is 22.3. The minimum absolute atomic E-state index is 0.0560. The van der Waals surface area contributed by atoms with E-state index in [-0.39, 0.29) is 17.9 Å². The number of carbonyl (C=O) groups is 1. The van der Waals surface area contributed by atoms with Crippen molar-refractivity contribution >= 4 is 5.78 Å². The molecule has 2 unspecified atom stereocenters. The second-order valence-corrected chi connectivity index (χ2v) is 4.49. The Morgan fingerprint density at radius 2 is 1.95 bits per heavy atom. The zero-order chi connectivity index (χ0) is 13.8. The van der Waals surface area contributed by atoms with Gasteiger partial charge >= 0.3 is 0 Å². The summed E-state index contributed by atoms with van der Waals surface area (Å²) in [4.78, 5) is 12.4. The van der Waals surface area contributed by atoms with Crippen molar-refractivity contribution in [2.45, 2.75) is 18.6 Å². The first-order chi connectivity index (χ1) is 9.19. The van der Waals surface area contributed by atoms with Crippen molar-refractivity contribution in [1.82, 2.24) is 5.32 Å². The maximum atomic E-state index is 12.4. The lowest BCUT2D eigenvalue weighted by Gasteiger charge is -2.12. The Balaban J connectivity index is 2.15. The third-order valence-electron chi connectivity index (χ3n) is 3.41. The lowest BCUT2D eigenvalue weighted by Crippen LogP contribution is -2.30. The van der Waals surface area contributed by atoms with Crippen LogP contribution in [0, 0.1) is 0 Å². The van der Waals surface area contributed by atoms with Crippen molar-refractivity contribution in [2.75, 3.05) is 27.9 Å². The number of carbonyl (C=O) groups excluding carboxylic acids is 1. The van der Waals surface area contributed by atoms with Gasteiger partial charge in [-0.15, -0.1) is 0 Å². The lowest BCUT2D eigenvalue weighted by atomic mass is 10.0. The van der Waals surface area contributed by atoms with Gasteiger partial charge in [0.15, 0.2) is 17.3 Å². The van der Waals surface area contributed by atoms with Crippen LogP contribution in [-0.4, -0.2) is 45.8 Å². The van der Waals surface area contributed by atoms with Crippen LogP contribution in [0.1, 0.15) is 16.8 Å². The number of hydrogen-bond acceptors (Lipinski definition) is 5. The monoisotopic (exact) mass is 265 g/mol. The fourth-order valence-electron chi connectivity index (χ4n) is 2.27. The van der Waals surface area contributed by atoms with E-state index in [1.165, 1.54) is 0 Å². The number of hydrogen-bond donors (Lipinski definition) is 1. The summed E-state index contributed by atoms with van der Waals surface area (Å²) in [5.41, 5.74) is 0.618. The van der Waals surface area contributed by atoms with E-state index < -0.39 is 0 Å². The maximum Gasteiger partial charge on any atom is 0.179 e. The summed E-state index contributed by atoms with van der Waals surface area (Å²) in [5, 5.41) is 3.18. The van der Waals surface area contributed by atoms with Gasteiger partial charge in [0.1, 0.15) is 0 Å². The summed E-state index contributed by atoms with van der Waals surface area (Å²) in [5.74, 6) is 1.24. The molecule has 5 nitrogen and oxygen atoms in total. The highest BCUT2D eigenvalue weighted by Crippen LogP contribution is 2.28. The van der Waals surface area contributed by atoms with E-state index in [0.29, 0.717) is 30.0 Å². The van der Waals surface area contributed by atoms with E-state index >= 15 is 0 Å². The smallest absolute Gasteiger partial charge is 0.179 e. The molecule has 0 aromatic heterocycles. The Labute approximate surface area is 112 Å². The van der Waals surface area contributed by atoms with E-state index in [4.69, 9.17) is 14.2 Å². The number of methoxy groups -OCH3 is 3. The molecule has 1 N–H and O–H groups in total. The average molecular weight is 265 g/mol. The molecule has 1 aliphatic heterocycles. The predicted octanol–water partition coefficient (Wildman–Crippen LogP) is 1.26. The molecule has 19 heavy (non-hydrogen) atoms. The van der Waals surface area contributed by atoms with Gasteiger partial charge in [-0.2, -0.15) is 0 Å². The molecule has 5 heteroatoms. The zero-order valence-corrected chi connectivity index (χ0v) is 11.4. The Morgan fingerprint density at radius 3 is 2.53 bits per heavy atom. The van der Waals surface area contributed by atoms with Gasteiger partial charge in [0.25, 0.3) is 0 Å². The van der Waals surface area contributed by atoms with Crippen LogP contribution >= 0.6 is 0 Å². The van der Waals surface area contributed by atoms with E-state index in [1.54, 1.807) is 39.5 Å². The van der Waals surface area contributed by atoms with Crippen LogP contribution in [0.3, 0.4) is 0 Å². The summed E-state index contributed by atoms with van der Waals surface area (Å²) in [6.07, 6.45) is 0.804. The highest BCUT2D eigenvalue weighted by Gasteiger charge is 2.30. The summed E-state index contributed by atoms with van der Waals surface area (Å²) in [6.45, 7) is 0.709. The number of nitrogens with one attached hydrogen (secondary N) is 1. The maximum absolute atomic E-state index is 12.4. The molecule has 0 saturated carbocycles. The van der Waals surface area contributed by atoms with Gasteiger partial charge in [-0.3, -0.25) is 4.79 Å². The van der Waals surface area contributed by atoms with E-state index in [0.717, 1.165) is 0 Å². The third kappa shape index (κ3) is 2.88. The van der Waals surface area contributed by atoms with Crippen molar-refractivity contribution in [1.29, 1.82) is 0 Å². The first kappa shape index (κ1) is 13.8. The van der Waals surface area contributed by atoms with Gasteiger partial charge < -0.3 is 19.5 Å². The second-order valence-electron chi connectivity index (χ2n) is 4.49. The van der Waals surface area contributed by atoms with Crippen LogP contribution in [0.15, 0.2) is 18.2 Å². The van der Waals surface area contributed by atoms with Gasteiger partial charge in [0.05, 0.1) is 26.4 Å². The minimum atomic E-state index is -0.192. The van der Waals surface area contributed by atoms with Crippen molar-refractivity contribution in [3.63, 3.8) is 0 Å². The molecule has 0 spiro atoms. The molecule has 0 aliphatic carbocycles. The predicted molar refractivity (Wildman–Crippen MR) is 71.1 cm³/mol. The third-order valence-corrected chi connectivity index (χ3v) is 3.41. The summed E-state index contributed by atoms with van der Waals surface area (Å²) < 4.78 is 15.6. The molecule has 1 aromatic rings. The summed E-state index contributed by atoms with van der Waals surface area (Å²) in [6, 6.07) is 5.02. The second kappa shape index (κ2) is 6.04. The molecule has 1 saturated heterocycles. The van der Waals surface area contributed by atoms with Crippen molar-refractivity contribution < 1.29 is 19.0 Å². The van der Waals surface area contributed by atoms with E-state index in [1.807, 2.05) is 0 Å². The van der Waals surface area contributed by atoms with E-state index in [9.17, 15) is 4.79 Å². The number of benzene rings is 1.